The fourth-order valence-corrected chi connectivity index (χ4v) is 1.86. The SMILES string of the molecule is O=C(O)[C@@H]1CCN(c2cccc([N+](=O)[O-])n2)C1. The second kappa shape index (κ2) is 4.36. The first-order chi connectivity index (χ1) is 8.08. The Balaban J connectivity index is 2.16. The van der Waals surface area contributed by atoms with Gasteiger partial charge in [0, 0.05) is 25.2 Å². The number of carboxylic acids is 1. The van der Waals surface area contributed by atoms with E-state index in [1.165, 1.54) is 6.07 Å². The number of nitro groups is 1. The molecule has 1 saturated heterocycles. The fraction of sp³-hybridized carbons (Fsp3) is 0.400. The second-order valence-corrected chi connectivity index (χ2v) is 3.88. The van der Waals surface area contributed by atoms with Gasteiger partial charge in [-0.15, -0.1) is 0 Å². The normalized spacial score (nSPS) is 19.3. The highest BCUT2D eigenvalue weighted by atomic mass is 16.6. The molecule has 0 bridgehead atoms. The van der Waals surface area contributed by atoms with Crippen LogP contribution in [0.5, 0.6) is 0 Å². The van der Waals surface area contributed by atoms with E-state index in [-0.39, 0.29) is 5.82 Å². The molecule has 0 saturated carbocycles. The van der Waals surface area contributed by atoms with Crippen LogP contribution in [0.1, 0.15) is 6.42 Å². The van der Waals surface area contributed by atoms with Crippen molar-refractivity contribution in [1.29, 1.82) is 0 Å². The van der Waals surface area contributed by atoms with E-state index in [0.29, 0.717) is 25.3 Å². The van der Waals surface area contributed by atoms with Crippen molar-refractivity contribution in [3.63, 3.8) is 0 Å². The molecule has 0 aliphatic carbocycles. The Hall–Kier alpha value is -2.18. The van der Waals surface area contributed by atoms with Gasteiger partial charge in [-0.3, -0.25) is 4.79 Å². The van der Waals surface area contributed by atoms with E-state index >= 15 is 0 Å². The van der Waals surface area contributed by atoms with Crippen LogP contribution in [0.3, 0.4) is 0 Å². The van der Waals surface area contributed by atoms with Gasteiger partial charge in [0.1, 0.15) is 0 Å². The van der Waals surface area contributed by atoms with Gasteiger partial charge in [0.25, 0.3) is 0 Å². The quantitative estimate of drug-likeness (QED) is 0.619. The van der Waals surface area contributed by atoms with Gasteiger partial charge in [0.2, 0.25) is 5.82 Å². The van der Waals surface area contributed by atoms with Crippen LogP contribution in [-0.2, 0) is 4.79 Å². The molecule has 1 aliphatic rings. The van der Waals surface area contributed by atoms with E-state index in [1.54, 1.807) is 17.0 Å². The van der Waals surface area contributed by atoms with Gasteiger partial charge in [0.05, 0.1) is 5.92 Å². The van der Waals surface area contributed by atoms with Gasteiger partial charge in [-0.05, 0) is 22.4 Å². The molecule has 0 aromatic carbocycles. The summed E-state index contributed by atoms with van der Waals surface area (Å²) in [4.78, 5) is 26.4. The Labute approximate surface area is 96.8 Å². The molecule has 1 aliphatic heterocycles. The summed E-state index contributed by atoms with van der Waals surface area (Å²) in [5, 5.41) is 19.4. The molecule has 1 atom stereocenters. The molecule has 2 rings (SSSR count). The van der Waals surface area contributed by atoms with E-state index in [4.69, 9.17) is 5.11 Å². The van der Waals surface area contributed by atoms with Gasteiger partial charge in [-0.2, -0.15) is 0 Å². The molecular weight excluding hydrogens is 226 g/mol. The molecule has 7 nitrogen and oxygen atoms in total. The summed E-state index contributed by atoms with van der Waals surface area (Å²) in [6.07, 6.45) is 0.541. The molecule has 0 amide bonds. The Kier molecular flexibility index (Phi) is 2.90. The van der Waals surface area contributed by atoms with Crippen molar-refractivity contribution >= 4 is 17.6 Å². The van der Waals surface area contributed by atoms with Crippen molar-refractivity contribution in [3.05, 3.63) is 28.3 Å². The number of aromatic nitrogens is 1. The summed E-state index contributed by atoms with van der Waals surface area (Å²) in [6.45, 7) is 0.911. The van der Waals surface area contributed by atoms with E-state index in [9.17, 15) is 14.9 Å². The summed E-state index contributed by atoms with van der Waals surface area (Å²) >= 11 is 0. The zero-order valence-corrected chi connectivity index (χ0v) is 8.94. The minimum atomic E-state index is -0.835. The van der Waals surface area contributed by atoms with Crippen molar-refractivity contribution in [2.24, 2.45) is 5.92 Å². The highest BCUT2D eigenvalue weighted by molar-refractivity contribution is 5.71. The molecule has 1 aromatic heterocycles. The second-order valence-electron chi connectivity index (χ2n) is 3.88. The largest absolute Gasteiger partial charge is 0.481 e. The van der Waals surface area contributed by atoms with Crippen molar-refractivity contribution in [2.75, 3.05) is 18.0 Å². The number of anilines is 1. The Morgan fingerprint density at radius 3 is 2.94 bits per heavy atom. The third-order valence-electron chi connectivity index (χ3n) is 2.77. The van der Waals surface area contributed by atoms with Crippen molar-refractivity contribution in [2.45, 2.75) is 6.42 Å². The molecule has 17 heavy (non-hydrogen) atoms. The first-order valence-corrected chi connectivity index (χ1v) is 5.17. The molecule has 7 heteroatoms. The van der Waals surface area contributed by atoms with Crippen LogP contribution in [0.25, 0.3) is 0 Å². The lowest BCUT2D eigenvalue weighted by Gasteiger charge is -2.12. The standard InChI is InChI=1S/C10H11N3O4/c14-10(15)7-4-5-12(6-7)8-2-1-3-9(11-8)13(16)17/h1-3,7H,4-6H2,(H,14,15)/t7-/m1/s1. The Morgan fingerprint density at radius 2 is 2.35 bits per heavy atom. The molecule has 90 valence electrons. The molecular formula is C10H11N3O4. The first-order valence-electron chi connectivity index (χ1n) is 5.17. The number of hydrogen-bond acceptors (Lipinski definition) is 5. The van der Waals surface area contributed by atoms with Crippen LogP contribution in [0, 0.1) is 16.0 Å². The third kappa shape index (κ3) is 2.32. The van der Waals surface area contributed by atoms with Gasteiger partial charge in [-0.1, -0.05) is 0 Å². The topological polar surface area (TPSA) is 96.6 Å². The minimum Gasteiger partial charge on any atom is -0.481 e. The van der Waals surface area contributed by atoms with Crippen molar-refractivity contribution < 1.29 is 14.8 Å². The maximum absolute atomic E-state index is 10.8. The molecule has 0 radical (unpaired) electrons. The lowest BCUT2D eigenvalue weighted by Crippen LogP contribution is -2.23. The Morgan fingerprint density at radius 1 is 1.59 bits per heavy atom. The number of aliphatic carboxylic acids is 1. The molecule has 1 aromatic rings. The van der Waals surface area contributed by atoms with Gasteiger partial charge in [-0.25, -0.2) is 0 Å². The number of hydrogen-bond donors (Lipinski definition) is 1. The maximum Gasteiger partial charge on any atom is 0.365 e. The van der Waals surface area contributed by atoms with E-state index in [1.807, 2.05) is 0 Å². The summed E-state index contributed by atoms with van der Waals surface area (Å²) < 4.78 is 0. The van der Waals surface area contributed by atoms with Crippen LogP contribution < -0.4 is 4.90 Å². The van der Waals surface area contributed by atoms with Crippen LogP contribution in [0.4, 0.5) is 11.6 Å². The van der Waals surface area contributed by atoms with Gasteiger partial charge in [0.15, 0.2) is 0 Å². The molecule has 1 fully saturated rings. The summed E-state index contributed by atoms with van der Waals surface area (Å²) in [5.74, 6) is -1.02. The summed E-state index contributed by atoms with van der Waals surface area (Å²) in [7, 11) is 0. The van der Waals surface area contributed by atoms with Crippen molar-refractivity contribution in [1.82, 2.24) is 4.98 Å². The molecule has 0 spiro atoms. The third-order valence-corrected chi connectivity index (χ3v) is 2.77. The number of carboxylic acid groups (broad SMARTS) is 1. The summed E-state index contributed by atoms with van der Waals surface area (Å²) in [6, 6.07) is 4.51. The summed E-state index contributed by atoms with van der Waals surface area (Å²) in [5.41, 5.74) is 0. The van der Waals surface area contributed by atoms with E-state index < -0.39 is 16.8 Å². The Bertz CT molecular complexity index is 463. The highest BCUT2D eigenvalue weighted by Gasteiger charge is 2.30. The smallest absolute Gasteiger partial charge is 0.365 e. The average Bonchev–Trinajstić information content (AvgIpc) is 2.78. The van der Waals surface area contributed by atoms with E-state index in [0.717, 1.165) is 0 Å². The minimum absolute atomic E-state index is 0.221. The van der Waals surface area contributed by atoms with Crippen LogP contribution in [0.2, 0.25) is 0 Å². The number of rotatable bonds is 3. The van der Waals surface area contributed by atoms with Crippen LogP contribution >= 0.6 is 0 Å². The van der Waals surface area contributed by atoms with Crippen LogP contribution in [-0.4, -0.2) is 34.1 Å². The predicted molar refractivity (Wildman–Crippen MR) is 58.8 cm³/mol. The zero-order valence-electron chi connectivity index (χ0n) is 8.94. The monoisotopic (exact) mass is 237 g/mol. The number of pyridine rings is 1. The molecule has 0 unspecified atom stereocenters. The van der Waals surface area contributed by atoms with E-state index in [2.05, 4.69) is 4.98 Å². The average molecular weight is 237 g/mol. The number of nitrogens with zero attached hydrogens (tertiary/aromatic N) is 3. The van der Waals surface area contributed by atoms with Gasteiger partial charge >= 0.3 is 11.8 Å². The lowest BCUT2D eigenvalue weighted by molar-refractivity contribution is -0.389. The number of carbonyl (C=O) groups is 1. The van der Waals surface area contributed by atoms with Crippen LogP contribution in [0.15, 0.2) is 18.2 Å². The predicted octanol–water partition coefficient (Wildman–Crippen LogP) is 0.901. The van der Waals surface area contributed by atoms with Crippen molar-refractivity contribution in [3.8, 4) is 0 Å². The highest BCUT2D eigenvalue weighted by Crippen LogP contribution is 2.23. The fourth-order valence-electron chi connectivity index (χ4n) is 1.86. The zero-order chi connectivity index (χ0) is 12.4. The molecule has 1 N–H and O–H groups in total. The lowest BCUT2D eigenvalue weighted by atomic mass is 10.1. The first kappa shape index (κ1) is 11.3. The van der Waals surface area contributed by atoms with Gasteiger partial charge < -0.3 is 20.1 Å². The maximum atomic E-state index is 10.8. The molecule has 2 heterocycles.